The number of thiocarbonyl (C=S) groups is 1. The Morgan fingerprint density at radius 3 is 2.64 bits per heavy atom. The van der Waals surface area contributed by atoms with Crippen LogP contribution >= 0.6 is 12.2 Å². The molecule has 1 aromatic heterocycles. The van der Waals surface area contributed by atoms with Crippen LogP contribution in [0.3, 0.4) is 0 Å². The molecule has 0 saturated heterocycles. The zero-order valence-corrected chi connectivity index (χ0v) is 16.5. The van der Waals surface area contributed by atoms with Gasteiger partial charge in [-0.25, -0.2) is 4.39 Å². The SMILES string of the molecule is CCOc1ccc(NC(=S)N2CCn3cccc3[C@H]2c2ccccc2F)cc1. The first-order valence-electron chi connectivity index (χ1n) is 9.37. The average Bonchev–Trinajstić information content (AvgIpc) is 3.18. The number of anilines is 1. The molecule has 0 spiro atoms. The van der Waals surface area contributed by atoms with Crippen molar-refractivity contribution in [3.8, 4) is 5.75 Å². The van der Waals surface area contributed by atoms with Gasteiger partial charge in [0.25, 0.3) is 0 Å². The molecule has 2 aromatic carbocycles. The molecule has 1 aliphatic heterocycles. The first-order chi connectivity index (χ1) is 13.7. The monoisotopic (exact) mass is 395 g/mol. The van der Waals surface area contributed by atoms with Gasteiger partial charge in [0.15, 0.2) is 5.11 Å². The summed E-state index contributed by atoms with van der Waals surface area (Å²) in [7, 11) is 0. The molecule has 0 saturated carbocycles. The molecule has 0 aliphatic carbocycles. The smallest absolute Gasteiger partial charge is 0.174 e. The van der Waals surface area contributed by atoms with Crippen molar-refractivity contribution in [1.82, 2.24) is 9.47 Å². The van der Waals surface area contributed by atoms with Gasteiger partial charge < -0.3 is 19.5 Å². The summed E-state index contributed by atoms with van der Waals surface area (Å²) >= 11 is 5.72. The zero-order chi connectivity index (χ0) is 19.5. The third-order valence-electron chi connectivity index (χ3n) is 4.92. The van der Waals surface area contributed by atoms with Crippen LogP contribution in [0.5, 0.6) is 5.75 Å². The van der Waals surface area contributed by atoms with E-state index in [1.165, 1.54) is 6.07 Å². The molecular weight excluding hydrogens is 373 g/mol. The quantitative estimate of drug-likeness (QED) is 0.641. The highest BCUT2D eigenvalue weighted by atomic mass is 32.1. The second kappa shape index (κ2) is 8.02. The maximum absolute atomic E-state index is 14.6. The zero-order valence-electron chi connectivity index (χ0n) is 15.6. The minimum Gasteiger partial charge on any atom is -0.494 e. The van der Waals surface area contributed by atoms with Crippen molar-refractivity contribution in [2.45, 2.75) is 19.5 Å². The van der Waals surface area contributed by atoms with Gasteiger partial charge in [-0.2, -0.15) is 0 Å². The van der Waals surface area contributed by atoms with E-state index in [9.17, 15) is 4.39 Å². The Balaban J connectivity index is 1.62. The molecule has 1 N–H and O–H groups in total. The highest BCUT2D eigenvalue weighted by Crippen LogP contribution is 2.34. The molecule has 1 atom stereocenters. The van der Waals surface area contributed by atoms with Crippen LogP contribution in [0.1, 0.15) is 24.2 Å². The summed E-state index contributed by atoms with van der Waals surface area (Å²) in [5.41, 5.74) is 2.53. The Morgan fingerprint density at radius 1 is 1.11 bits per heavy atom. The number of fused-ring (bicyclic) bond motifs is 1. The predicted molar refractivity (Wildman–Crippen MR) is 113 cm³/mol. The fourth-order valence-electron chi connectivity index (χ4n) is 3.62. The summed E-state index contributed by atoms with van der Waals surface area (Å²) < 4.78 is 22.3. The van der Waals surface area contributed by atoms with Crippen LogP contribution in [-0.2, 0) is 6.54 Å². The molecular formula is C22H22FN3OS. The number of aromatic nitrogens is 1. The van der Waals surface area contributed by atoms with Gasteiger partial charge in [-0.1, -0.05) is 18.2 Å². The van der Waals surface area contributed by atoms with Gasteiger partial charge in [0.05, 0.1) is 12.6 Å². The topological polar surface area (TPSA) is 29.4 Å². The highest BCUT2D eigenvalue weighted by molar-refractivity contribution is 7.80. The molecule has 4 rings (SSSR count). The summed E-state index contributed by atoms with van der Waals surface area (Å²) in [5.74, 6) is 0.593. The lowest BCUT2D eigenvalue weighted by Crippen LogP contribution is -2.44. The second-order valence-corrected chi connectivity index (χ2v) is 7.02. The summed E-state index contributed by atoms with van der Waals surface area (Å²) in [6.07, 6.45) is 2.03. The van der Waals surface area contributed by atoms with E-state index in [1.54, 1.807) is 6.07 Å². The van der Waals surface area contributed by atoms with Crippen LogP contribution in [0.2, 0.25) is 0 Å². The van der Waals surface area contributed by atoms with Crippen molar-refractivity contribution in [1.29, 1.82) is 0 Å². The number of hydrogen-bond acceptors (Lipinski definition) is 2. The molecule has 6 heteroatoms. The maximum atomic E-state index is 14.6. The van der Waals surface area contributed by atoms with E-state index in [1.807, 2.05) is 61.7 Å². The average molecular weight is 396 g/mol. The van der Waals surface area contributed by atoms with Crippen molar-refractivity contribution in [2.75, 3.05) is 18.5 Å². The van der Waals surface area contributed by atoms with E-state index in [2.05, 4.69) is 14.8 Å². The number of rotatable bonds is 4. The van der Waals surface area contributed by atoms with E-state index in [4.69, 9.17) is 17.0 Å². The van der Waals surface area contributed by atoms with Crippen LogP contribution in [0.25, 0.3) is 0 Å². The molecule has 0 fully saturated rings. The third kappa shape index (κ3) is 3.60. The Morgan fingerprint density at radius 2 is 1.89 bits per heavy atom. The van der Waals surface area contributed by atoms with Crippen molar-refractivity contribution in [2.24, 2.45) is 0 Å². The molecule has 28 heavy (non-hydrogen) atoms. The fraction of sp³-hybridized carbons (Fsp3) is 0.227. The molecule has 0 bridgehead atoms. The molecule has 3 aromatic rings. The summed E-state index contributed by atoms with van der Waals surface area (Å²) in [6.45, 7) is 4.08. The first kappa shape index (κ1) is 18.5. The van der Waals surface area contributed by atoms with Crippen LogP contribution in [0, 0.1) is 5.82 Å². The lowest BCUT2D eigenvalue weighted by Gasteiger charge is -2.39. The fourth-order valence-corrected chi connectivity index (χ4v) is 3.94. The number of nitrogens with one attached hydrogen (secondary N) is 1. The van der Waals surface area contributed by atoms with Gasteiger partial charge >= 0.3 is 0 Å². The van der Waals surface area contributed by atoms with Crippen molar-refractivity contribution in [3.63, 3.8) is 0 Å². The predicted octanol–water partition coefficient (Wildman–Crippen LogP) is 4.83. The van der Waals surface area contributed by atoms with Gasteiger partial charge in [-0.3, -0.25) is 0 Å². The number of halogens is 1. The summed E-state index contributed by atoms with van der Waals surface area (Å²) in [6, 6.07) is 18.3. The highest BCUT2D eigenvalue weighted by Gasteiger charge is 2.32. The second-order valence-electron chi connectivity index (χ2n) is 6.63. The van der Waals surface area contributed by atoms with Crippen LogP contribution < -0.4 is 10.1 Å². The van der Waals surface area contributed by atoms with Crippen LogP contribution in [-0.4, -0.2) is 27.7 Å². The Bertz CT molecular complexity index is 970. The molecule has 4 nitrogen and oxygen atoms in total. The lowest BCUT2D eigenvalue weighted by atomic mass is 10.00. The minimum atomic E-state index is -0.271. The molecule has 1 aliphatic rings. The van der Waals surface area contributed by atoms with Gasteiger partial charge in [-0.05, 0) is 61.6 Å². The number of ether oxygens (including phenoxy) is 1. The standard InChI is InChI=1S/C22H22FN3OS/c1-2-27-17-11-9-16(10-12-17)24-22(28)26-15-14-25-13-5-8-20(25)21(26)18-6-3-4-7-19(18)23/h3-13,21H,2,14-15H2,1H3,(H,24,28)/t21-/m1/s1. The third-order valence-corrected chi connectivity index (χ3v) is 5.25. The Labute approximate surface area is 169 Å². The number of benzene rings is 2. The summed E-state index contributed by atoms with van der Waals surface area (Å²) in [5, 5.41) is 3.87. The minimum absolute atomic E-state index is 0.226. The van der Waals surface area contributed by atoms with E-state index in [-0.39, 0.29) is 11.9 Å². The first-order valence-corrected chi connectivity index (χ1v) is 9.78. The van der Waals surface area contributed by atoms with E-state index < -0.39 is 0 Å². The molecule has 144 valence electrons. The van der Waals surface area contributed by atoms with Crippen molar-refractivity contribution >= 4 is 23.0 Å². The lowest BCUT2D eigenvalue weighted by molar-refractivity contribution is 0.288. The van der Waals surface area contributed by atoms with Crippen molar-refractivity contribution < 1.29 is 9.13 Å². The van der Waals surface area contributed by atoms with E-state index >= 15 is 0 Å². The molecule has 0 unspecified atom stereocenters. The Hall–Kier alpha value is -2.86. The van der Waals surface area contributed by atoms with E-state index in [0.717, 1.165) is 23.7 Å². The van der Waals surface area contributed by atoms with Crippen molar-refractivity contribution in [3.05, 3.63) is 83.9 Å². The normalized spacial score (nSPS) is 15.8. The molecule has 0 amide bonds. The van der Waals surface area contributed by atoms with Gasteiger partial charge in [0.1, 0.15) is 11.6 Å². The Kier molecular flexibility index (Phi) is 5.30. The number of nitrogens with zero attached hydrogens (tertiary/aromatic N) is 2. The van der Waals surface area contributed by atoms with Crippen LogP contribution in [0.4, 0.5) is 10.1 Å². The summed E-state index contributed by atoms with van der Waals surface area (Å²) in [4.78, 5) is 2.06. The van der Waals surface area contributed by atoms with Crippen LogP contribution in [0.15, 0.2) is 66.9 Å². The van der Waals surface area contributed by atoms with E-state index in [0.29, 0.717) is 23.8 Å². The van der Waals surface area contributed by atoms with Gasteiger partial charge in [-0.15, -0.1) is 0 Å². The molecule has 0 radical (unpaired) electrons. The maximum Gasteiger partial charge on any atom is 0.174 e. The molecule has 2 heterocycles. The van der Waals surface area contributed by atoms with Gasteiger partial charge in [0.2, 0.25) is 0 Å². The number of hydrogen-bond donors (Lipinski definition) is 1. The van der Waals surface area contributed by atoms with Gasteiger partial charge in [0, 0.05) is 36.2 Å². The largest absolute Gasteiger partial charge is 0.494 e.